The fourth-order valence-corrected chi connectivity index (χ4v) is 1.90. The first-order chi connectivity index (χ1) is 9.06. The zero-order chi connectivity index (χ0) is 14.0. The summed E-state index contributed by atoms with van der Waals surface area (Å²) in [6.45, 7) is 0. The summed E-state index contributed by atoms with van der Waals surface area (Å²) in [4.78, 5) is 35.9. The molecule has 2 aromatic carbocycles. The monoisotopic (exact) mass is 257 g/mol. The smallest absolute Gasteiger partial charge is 0.338 e. The van der Waals surface area contributed by atoms with Gasteiger partial charge in [0.25, 0.3) is 0 Å². The molecule has 19 heavy (non-hydrogen) atoms. The molecule has 2 N–H and O–H groups in total. The van der Waals surface area contributed by atoms with Gasteiger partial charge in [-0.15, -0.1) is 0 Å². The molecule has 0 atom stereocenters. The summed E-state index contributed by atoms with van der Waals surface area (Å²) in [6.07, 6.45) is 1.28. The highest BCUT2D eigenvalue weighted by Crippen LogP contribution is 2.30. The molecule has 0 saturated carbocycles. The number of benzene rings is 2. The topological polar surface area (TPSA) is 104 Å². The van der Waals surface area contributed by atoms with Crippen molar-refractivity contribution >= 4 is 34.5 Å². The number of aromatic carboxylic acids is 2. The predicted octanol–water partition coefficient (Wildman–Crippen LogP) is 2.20. The number of carbonyl (C=O) groups excluding carboxylic acids is 1. The molecule has 2 rings (SSSR count). The van der Waals surface area contributed by atoms with Crippen LogP contribution < -0.4 is 0 Å². The molecule has 0 saturated heterocycles. The van der Waals surface area contributed by atoms with Crippen LogP contribution in [-0.2, 0) is 4.79 Å². The van der Waals surface area contributed by atoms with Gasteiger partial charge in [0.15, 0.2) is 0 Å². The maximum atomic E-state index is 11.3. The van der Waals surface area contributed by atoms with Gasteiger partial charge in [0.1, 0.15) is 0 Å². The lowest BCUT2D eigenvalue weighted by Crippen LogP contribution is -2.02. The first kappa shape index (κ1) is 12.5. The van der Waals surface area contributed by atoms with Gasteiger partial charge >= 0.3 is 11.9 Å². The first-order valence-corrected chi connectivity index (χ1v) is 5.16. The Bertz CT molecular complexity index is 744. The van der Waals surface area contributed by atoms with E-state index < -0.39 is 11.9 Å². The fourth-order valence-electron chi connectivity index (χ4n) is 1.90. The number of hydrogen-bond donors (Lipinski definition) is 2. The van der Waals surface area contributed by atoms with Gasteiger partial charge in [-0.3, -0.25) is 0 Å². The van der Waals surface area contributed by atoms with Gasteiger partial charge in [-0.25, -0.2) is 14.4 Å². The zero-order valence-electron chi connectivity index (χ0n) is 9.45. The van der Waals surface area contributed by atoms with Crippen LogP contribution in [0.1, 0.15) is 20.7 Å². The molecule has 0 heterocycles. The fraction of sp³-hybridized carbons (Fsp3) is 0. The Morgan fingerprint density at radius 2 is 1.74 bits per heavy atom. The number of hydrogen-bond acceptors (Lipinski definition) is 4. The Hall–Kier alpha value is -2.98. The number of nitrogens with zero attached hydrogens (tertiary/aromatic N) is 1. The lowest BCUT2D eigenvalue weighted by molar-refractivity contribution is 0.0687. The molecule has 0 aliphatic rings. The number of isocyanates is 1. The Morgan fingerprint density at radius 1 is 1.00 bits per heavy atom. The van der Waals surface area contributed by atoms with E-state index in [0.29, 0.717) is 0 Å². The van der Waals surface area contributed by atoms with Crippen molar-refractivity contribution in [2.45, 2.75) is 0 Å². The van der Waals surface area contributed by atoms with E-state index in [1.165, 1.54) is 36.4 Å². The molecular weight excluding hydrogens is 250 g/mol. The highest BCUT2D eigenvalue weighted by atomic mass is 16.4. The third-order valence-corrected chi connectivity index (χ3v) is 2.65. The number of aliphatic imine (C=N–C) groups is 1. The minimum atomic E-state index is -1.29. The van der Waals surface area contributed by atoms with Crippen LogP contribution >= 0.6 is 0 Å². The second-order valence-corrected chi connectivity index (χ2v) is 3.67. The standard InChI is InChI=1S/C13H7NO5/c15-6-14-10-5-4-7-8(11(10)13(18)19)2-1-3-9(7)12(16)17/h1-5H,(H,16,17)(H,18,19). The molecule has 94 valence electrons. The second-order valence-electron chi connectivity index (χ2n) is 3.67. The number of carboxylic acid groups (broad SMARTS) is 2. The van der Waals surface area contributed by atoms with Crippen LogP contribution in [0.3, 0.4) is 0 Å². The molecule has 0 aromatic heterocycles. The Labute approximate surface area is 106 Å². The highest BCUT2D eigenvalue weighted by molar-refractivity contribution is 6.13. The number of carbonyl (C=O) groups is 2. The molecule has 0 unspecified atom stereocenters. The van der Waals surface area contributed by atoms with E-state index in [9.17, 15) is 19.5 Å². The van der Waals surface area contributed by atoms with E-state index in [1.54, 1.807) is 0 Å². The van der Waals surface area contributed by atoms with Gasteiger partial charge in [0.05, 0.1) is 16.8 Å². The molecule has 2 aromatic rings. The molecule has 0 aliphatic carbocycles. The highest BCUT2D eigenvalue weighted by Gasteiger charge is 2.17. The number of rotatable bonds is 3. The summed E-state index contributed by atoms with van der Waals surface area (Å²) in [5.41, 5.74) is -0.289. The molecule has 6 nitrogen and oxygen atoms in total. The summed E-state index contributed by atoms with van der Waals surface area (Å²) < 4.78 is 0. The first-order valence-electron chi connectivity index (χ1n) is 5.16. The van der Waals surface area contributed by atoms with Crippen molar-refractivity contribution < 1.29 is 24.6 Å². The van der Waals surface area contributed by atoms with Gasteiger partial charge in [-0.2, -0.15) is 4.99 Å². The summed E-state index contributed by atoms with van der Waals surface area (Å²) >= 11 is 0. The van der Waals surface area contributed by atoms with Crippen molar-refractivity contribution in [2.75, 3.05) is 0 Å². The molecule has 0 fully saturated rings. The summed E-state index contributed by atoms with van der Waals surface area (Å²) in [6, 6.07) is 6.98. The normalized spacial score (nSPS) is 9.89. The van der Waals surface area contributed by atoms with Crippen LogP contribution in [0.25, 0.3) is 10.8 Å². The van der Waals surface area contributed by atoms with Gasteiger partial charge in [-0.1, -0.05) is 18.2 Å². The molecule has 0 bridgehead atoms. The maximum Gasteiger partial charge on any atom is 0.338 e. The van der Waals surface area contributed by atoms with E-state index >= 15 is 0 Å². The van der Waals surface area contributed by atoms with Crippen molar-refractivity contribution in [1.29, 1.82) is 0 Å². The van der Waals surface area contributed by atoms with Crippen LogP contribution in [0, 0.1) is 0 Å². The molecule has 0 spiro atoms. The van der Waals surface area contributed by atoms with Gasteiger partial charge < -0.3 is 10.2 Å². The van der Waals surface area contributed by atoms with Crippen LogP contribution in [0.4, 0.5) is 5.69 Å². The zero-order valence-corrected chi connectivity index (χ0v) is 9.45. The third kappa shape index (κ3) is 2.08. The van der Waals surface area contributed by atoms with E-state index in [0.717, 1.165) is 0 Å². The Kier molecular flexibility index (Phi) is 3.10. The maximum absolute atomic E-state index is 11.3. The minimum Gasteiger partial charge on any atom is -0.478 e. The molecule has 0 amide bonds. The van der Waals surface area contributed by atoms with E-state index in [1.807, 2.05) is 0 Å². The van der Waals surface area contributed by atoms with E-state index in [2.05, 4.69) is 4.99 Å². The molecule has 0 aliphatic heterocycles. The van der Waals surface area contributed by atoms with Crippen LogP contribution in [0.5, 0.6) is 0 Å². The second kappa shape index (κ2) is 4.72. The minimum absolute atomic E-state index is 0.0124. The van der Waals surface area contributed by atoms with Gasteiger partial charge in [-0.05, 0) is 22.9 Å². The largest absolute Gasteiger partial charge is 0.478 e. The number of carboxylic acids is 2. The summed E-state index contributed by atoms with van der Waals surface area (Å²) in [7, 11) is 0. The average Bonchev–Trinajstić information content (AvgIpc) is 2.37. The Balaban J connectivity index is 2.94. The van der Waals surface area contributed by atoms with Crippen molar-refractivity contribution in [3.63, 3.8) is 0 Å². The molecule has 0 radical (unpaired) electrons. The average molecular weight is 257 g/mol. The lowest BCUT2D eigenvalue weighted by atomic mass is 9.98. The predicted molar refractivity (Wildman–Crippen MR) is 65.6 cm³/mol. The lowest BCUT2D eigenvalue weighted by Gasteiger charge is -2.07. The quantitative estimate of drug-likeness (QED) is 0.647. The van der Waals surface area contributed by atoms with Crippen molar-refractivity contribution in [2.24, 2.45) is 4.99 Å². The summed E-state index contributed by atoms with van der Waals surface area (Å²) in [5, 5.41) is 18.7. The SMILES string of the molecule is O=C=Nc1ccc2c(C(=O)O)cccc2c1C(=O)O. The van der Waals surface area contributed by atoms with Crippen molar-refractivity contribution in [3.8, 4) is 0 Å². The van der Waals surface area contributed by atoms with Gasteiger partial charge in [0.2, 0.25) is 6.08 Å². The molecule has 6 heteroatoms. The Morgan fingerprint density at radius 3 is 2.32 bits per heavy atom. The van der Waals surface area contributed by atoms with E-state index in [4.69, 9.17) is 5.11 Å². The van der Waals surface area contributed by atoms with Gasteiger partial charge in [0, 0.05) is 0 Å². The third-order valence-electron chi connectivity index (χ3n) is 2.65. The summed E-state index contributed by atoms with van der Waals surface area (Å²) in [5.74, 6) is -2.45. The van der Waals surface area contributed by atoms with Crippen molar-refractivity contribution in [3.05, 3.63) is 41.5 Å². The van der Waals surface area contributed by atoms with Crippen LogP contribution in [0.2, 0.25) is 0 Å². The van der Waals surface area contributed by atoms with Crippen molar-refractivity contribution in [1.82, 2.24) is 0 Å². The number of fused-ring (bicyclic) bond motifs is 1. The van der Waals surface area contributed by atoms with Crippen LogP contribution in [-0.4, -0.2) is 28.2 Å². The van der Waals surface area contributed by atoms with E-state index in [-0.39, 0.29) is 27.6 Å². The molecular formula is C13H7NO5. The van der Waals surface area contributed by atoms with Crippen LogP contribution in [0.15, 0.2) is 35.3 Å².